The number of nitrogens with one attached hydrogen (secondary N) is 1. The van der Waals surface area contributed by atoms with Gasteiger partial charge in [-0.15, -0.1) is 0 Å². The largest absolute Gasteiger partial charge is 0.457 e. The SMILES string of the molecule is O=C(OCc1ccc(F)cc1)c1cn[nH]c1. The third-order valence-electron chi connectivity index (χ3n) is 2.02. The summed E-state index contributed by atoms with van der Waals surface area (Å²) in [5, 5.41) is 6.15. The van der Waals surface area contributed by atoms with Gasteiger partial charge in [0.05, 0.1) is 11.8 Å². The van der Waals surface area contributed by atoms with Crippen LogP contribution in [0.2, 0.25) is 0 Å². The van der Waals surface area contributed by atoms with E-state index >= 15 is 0 Å². The number of benzene rings is 1. The van der Waals surface area contributed by atoms with E-state index in [4.69, 9.17) is 4.74 Å². The molecule has 0 radical (unpaired) electrons. The third-order valence-corrected chi connectivity index (χ3v) is 2.02. The smallest absolute Gasteiger partial charge is 0.341 e. The zero-order chi connectivity index (χ0) is 11.4. The van der Waals surface area contributed by atoms with E-state index in [1.807, 2.05) is 0 Å². The number of aromatic amines is 1. The Balaban J connectivity index is 1.93. The van der Waals surface area contributed by atoms with Crippen LogP contribution < -0.4 is 0 Å². The number of hydrogen-bond donors (Lipinski definition) is 1. The van der Waals surface area contributed by atoms with Gasteiger partial charge in [-0.3, -0.25) is 5.10 Å². The van der Waals surface area contributed by atoms with Crippen molar-refractivity contribution in [3.8, 4) is 0 Å². The van der Waals surface area contributed by atoms with E-state index in [-0.39, 0.29) is 12.4 Å². The number of hydrogen-bond acceptors (Lipinski definition) is 3. The van der Waals surface area contributed by atoms with Gasteiger partial charge in [-0.05, 0) is 17.7 Å². The molecule has 1 heterocycles. The van der Waals surface area contributed by atoms with E-state index in [0.717, 1.165) is 5.56 Å². The second-order valence-electron chi connectivity index (χ2n) is 3.19. The molecule has 16 heavy (non-hydrogen) atoms. The first-order chi connectivity index (χ1) is 7.75. The van der Waals surface area contributed by atoms with Gasteiger partial charge in [-0.25, -0.2) is 9.18 Å². The lowest BCUT2D eigenvalue weighted by Gasteiger charge is -2.02. The molecule has 5 heteroatoms. The molecule has 0 atom stereocenters. The summed E-state index contributed by atoms with van der Waals surface area (Å²) in [5.74, 6) is -0.775. The van der Waals surface area contributed by atoms with Crippen molar-refractivity contribution in [3.63, 3.8) is 0 Å². The van der Waals surface area contributed by atoms with Crippen LogP contribution in [0.3, 0.4) is 0 Å². The van der Waals surface area contributed by atoms with E-state index in [0.29, 0.717) is 5.56 Å². The number of aromatic nitrogens is 2. The maximum Gasteiger partial charge on any atom is 0.341 e. The molecule has 0 saturated heterocycles. The van der Waals surface area contributed by atoms with Crippen LogP contribution in [0.15, 0.2) is 36.7 Å². The van der Waals surface area contributed by atoms with Crippen molar-refractivity contribution in [2.75, 3.05) is 0 Å². The van der Waals surface area contributed by atoms with Gasteiger partial charge in [0, 0.05) is 6.20 Å². The van der Waals surface area contributed by atoms with Gasteiger partial charge in [0.1, 0.15) is 12.4 Å². The number of carbonyl (C=O) groups is 1. The molecule has 0 saturated carbocycles. The van der Waals surface area contributed by atoms with Gasteiger partial charge in [0.25, 0.3) is 0 Å². The molecule has 82 valence electrons. The Kier molecular flexibility index (Phi) is 2.95. The summed E-state index contributed by atoms with van der Waals surface area (Å²) in [4.78, 5) is 11.4. The summed E-state index contributed by atoms with van der Waals surface area (Å²) in [5.41, 5.74) is 1.10. The quantitative estimate of drug-likeness (QED) is 0.804. The van der Waals surface area contributed by atoms with E-state index in [2.05, 4.69) is 10.2 Å². The molecule has 2 aromatic rings. The molecule has 0 amide bonds. The first-order valence-electron chi connectivity index (χ1n) is 4.66. The highest BCUT2D eigenvalue weighted by Gasteiger charge is 2.07. The first kappa shape index (κ1) is 10.4. The van der Waals surface area contributed by atoms with Gasteiger partial charge in [0.15, 0.2) is 0 Å². The zero-order valence-corrected chi connectivity index (χ0v) is 8.31. The van der Waals surface area contributed by atoms with Gasteiger partial charge in [-0.1, -0.05) is 12.1 Å². The normalized spacial score (nSPS) is 10.1. The number of nitrogens with zero attached hydrogens (tertiary/aromatic N) is 1. The van der Waals surface area contributed by atoms with Crippen molar-refractivity contribution in [2.45, 2.75) is 6.61 Å². The highest BCUT2D eigenvalue weighted by atomic mass is 19.1. The number of ether oxygens (including phenoxy) is 1. The maximum absolute atomic E-state index is 12.6. The maximum atomic E-state index is 12.6. The zero-order valence-electron chi connectivity index (χ0n) is 8.31. The molecule has 0 aliphatic carbocycles. The minimum Gasteiger partial charge on any atom is -0.457 e. The Morgan fingerprint density at radius 3 is 2.75 bits per heavy atom. The molecular weight excluding hydrogens is 211 g/mol. The monoisotopic (exact) mass is 220 g/mol. The van der Waals surface area contributed by atoms with Crippen LogP contribution >= 0.6 is 0 Å². The fraction of sp³-hybridized carbons (Fsp3) is 0.0909. The molecule has 1 N–H and O–H groups in total. The number of esters is 1. The third kappa shape index (κ3) is 2.44. The van der Waals surface area contributed by atoms with Crippen LogP contribution in [0.25, 0.3) is 0 Å². The predicted octanol–water partition coefficient (Wildman–Crippen LogP) is 1.91. The fourth-order valence-corrected chi connectivity index (χ4v) is 1.18. The molecule has 0 aliphatic rings. The highest BCUT2D eigenvalue weighted by molar-refractivity contribution is 5.88. The highest BCUT2D eigenvalue weighted by Crippen LogP contribution is 2.06. The minimum atomic E-state index is -0.460. The van der Waals surface area contributed by atoms with Gasteiger partial charge >= 0.3 is 5.97 Å². The number of H-pyrrole nitrogens is 1. The predicted molar refractivity (Wildman–Crippen MR) is 54.1 cm³/mol. The van der Waals surface area contributed by atoms with Crippen LogP contribution in [0.4, 0.5) is 4.39 Å². The van der Waals surface area contributed by atoms with Gasteiger partial charge in [0.2, 0.25) is 0 Å². The summed E-state index contributed by atoms with van der Waals surface area (Å²) >= 11 is 0. The van der Waals surface area contributed by atoms with E-state index in [9.17, 15) is 9.18 Å². The van der Waals surface area contributed by atoms with E-state index in [1.54, 1.807) is 12.1 Å². The fourth-order valence-electron chi connectivity index (χ4n) is 1.18. The van der Waals surface area contributed by atoms with Crippen LogP contribution in [0.5, 0.6) is 0 Å². The van der Waals surface area contributed by atoms with Gasteiger partial charge < -0.3 is 4.74 Å². The standard InChI is InChI=1S/C11H9FN2O2/c12-10-3-1-8(2-4-10)7-16-11(15)9-5-13-14-6-9/h1-6H,7H2,(H,13,14). The van der Waals surface area contributed by atoms with Crippen molar-refractivity contribution in [1.82, 2.24) is 10.2 Å². The summed E-state index contributed by atoms with van der Waals surface area (Å²) < 4.78 is 17.6. The van der Waals surface area contributed by atoms with E-state index < -0.39 is 5.97 Å². The Morgan fingerprint density at radius 1 is 1.38 bits per heavy atom. The molecule has 0 fully saturated rings. The average molecular weight is 220 g/mol. The molecule has 0 spiro atoms. The van der Waals surface area contributed by atoms with Crippen LogP contribution in [-0.4, -0.2) is 16.2 Å². The lowest BCUT2D eigenvalue weighted by Crippen LogP contribution is -2.03. The van der Waals surface area contributed by atoms with Gasteiger partial charge in [-0.2, -0.15) is 5.10 Å². The second kappa shape index (κ2) is 4.57. The Labute approximate surface area is 91.1 Å². The average Bonchev–Trinajstić information content (AvgIpc) is 2.81. The molecule has 4 nitrogen and oxygen atoms in total. The lowest BCUT2D eigenvalue weighted by molar-refractivity contribution is 0.0473. The number of carbonyl (C=O) groups excluding carboxylic acids is 1. The Morgan fingerprint density at radius 2 is 2.12 bits per heavy atom. The van der Waals surface area contributed by atoms with Crippen molar-refractivity contribution in [1.29, 1.82) is 0 Å². The summed E-state index contributed by atoms with van der Waals surface area (Å²) in [6.45, 7) is 0.115. The lowest BCUT2D eigenvalue weighted by atomic mass is 10.2. The molecule has 1 aromatic heterocycles. The molecule has 0 bridgehead atoms. The topological polar surface area (TPSA) is 55.0 Å². The molecule has 0 aliphatic heterocycles. The summed E-state index contributed by atoms with van der Waals surface area (Å²) in [7, 11) is 0. The molecule has 0 unspecified atom stereocenters. The summed E-state index contributed by atoms with van der Waals surface area (Å²) in [6, 6.07) is 5.78. The molecular formula is C11H9FN2O2. The van der Waals surface area contributed by atoms with Crippen molar-refractivity contribution in [2.24, 2.45) is 0 Å². The van der Waals surface area contributed by atoms with Crippen LogP contribution in [0, 0.1) is 5.82 Å². The molecule has 1 aromatic carbocycles. The minimum absolute atomic E-state index is 0.115. The van der Waals surface area contributed by atoms with Crippen LogP contribution in [0.1, 0.15) is 15.9 Å². The molecule has 2 rings (SSSR count). The van der Waals surface area contributed by atoms with Crippen molar-refractivity contribution in [3.05, 3.63) is 53.6 Å². The summed E-state index contributed by atoms with van der Waals surface area (Å²) in [6.07, 6.45) is 2.83. The van der Waals surface area contributed by atoms with Crippen molar-refractivity contribution >= 4 is 5.97 Å². The second-order valence-corrected chi connectivity index (χ2v) is 3.19. The Hall–Kier alpha value is -2.17. The first-order valence-corrected chi connectivity index (χ1v) is 4.66. The van der Waals surface area contributed by atoms with Crippen molar-refractivity contribution < 1.29 is 13.9 Å². The number of rotatable bonds is 3. The van der Waals surface area contributed by atoms with E-state index in [1.165, 1.54) is 24.5 Å². The number of halogens is 1. The van der Waals surface area contributed by atoms with Crippen LogP contribution in [-0.2, 0) is 11.3 Å². The Bertz CT molecular complexity index is 465.